The minimum atomic E-state index is 0.934. The molecule has 0 aliphatic carbocycles. The maximum Gasteiger partial charge on any atom is 0.0466 e. The zero-order valence-electron chi connectivity index (χ0n) is 15.8. The molecule has 0 aliphatic rings. The molecule has 0 rings (SSSR count). The lowest BCUT2D eigenvalue weighted by atomic mass is 10.3. The molecular weight excluding hydrogens is 256 g/mol. The molecule has 0 bridgehead atoms. The summed E-state index contributed by atoms with van der Waals surface area (Å²) in [5.41, 5.74) is 0. The van der Waals surface area contributed by atoms with Crippen molar-refractivity contribution in [2.45, 2.75) is 67.2 Å². The average Bonchev–Trinajstić information content (AvgIpc) is 2.42. The molecule has 0 aromatic heterocycles. The molecule has 0 aromatic carbocycles. The Balaban J connectivity index is -0.0000000593. The first kappa shape index (κ1) is 32.0. The SMILES string of the molecule is C=CC.C=CC.C=CC.C=CC.CCCCCOCCC. The molecule has 0 saturated heterocycles. The normalized spacial score (nSPS) is 6.76. The Bertz CT molecular complexity index is 129. The van der Waals surface area contributed by atoms with Crippen LogP contribution in [0.15, 0.2) is 50.6 Å². The standard InChI is InChI=1S/C8H18O.4C3H6/c1-3-5-6-8-9-7-4-2;4*1-3-2/h3-8H2,1-2H3;4*3H,1H2,2H3. The molecule has 21 heavy (non-hydrogen) atoms. The van der Waals surface area contributed by atoms with E-state index in [1.165, 1.54) is 19.3 Å². The Labute approximate surface area is 136 Å². The van der Waals surface area contributed by atoms with Gasteiger partial charge in [0, 0.05) is 13.2 Å². The van der Waals surface area contributed by atoms with Crippen LogP contribution in [0.1, 0.15) is 67.2 Å². The number of hydrogen-bond acceptors (Lipinski definition) is 1. The summed E-state index contributed by atoms with van der Waals surface area (Å²) in [6, 6.07) is 0. The second-order valence-electron chi connectivity index (χ2n) is 3.95. The molecule has 0 heterocycles. The van der Waals surface area contributed by atoms with Gasteiger partial charge in [-0.2, -0.15) is 0 Å². The van der Waals surface area contributed by atoms with Crippen molar-refractivity contribution >= 4 is 0 Å². The van der Waals surface area contributed by atoms with Crippen molar-refractivity contribution in [3.8, 4) is 0 Å². The lowest BCUT2D eigenvalue weighted by Crippen LogP contribution is -1.94. The molecule has 0 atom stereocenters. The summed E-state index contributed by atoms with van der Waals surface area (Å²) in [7, 11) is 0. The van der Waals surface area contributed by atoms with Crippen molar-refractivity contribution in [3.05, 3.63) is 50.6 Å². The molecule has 1 heteroatoms. The highest BCUT2D eigenvalue weighted by molar-refractivity contribution is 4.52. The van der Waals surface area contributed by atoms with Crippen LogP contribution in [0.3, 0.4) is 0 Å². The minimum Gasteiger partial charge on any atom is -0.381 e. The van der Waals surface area contributed by atoms with Crippen LogP contribution in [0.2, 0.25) is 0 Å². The van der Waals surface area contributed by atoms with E-state index in [1.54, 1.807) is 24.3 Å². The second-order valence-corrected chi connectivity index (χ2v) is 3.95. The first-order valence-electron chi connectivity index (χ1n) is 7.93. The van der Waals surface area contributed by atoms with Gasteiger partial charge < -0.3 is 4.74 Å². The van der Waals surface area contributed by atoms with Crippen LogP contribution in [-0.2, 0) is 4.74 Å². The number of ether oxygens (including phenoxy) is 1. The predicted octanol–water partition coefficient (Wildman–Crippen LogP) is 7.37. The zero-order chi connectivity index (χ0) is 17.8. The van der Waals surface area contributed by atoms with Crippen molar-refractivity contribution in [2.75, 3.05) is 13.2 Å². The maximum atomic E-state index is 5.28. The van der Waals surface area contributed by atoms with Gasteiger partial charge in [-0.3, -0.25) is 0 Å². The fourth-order valence-electron chi connectivity index (χ4n) is 0.701. The molecule has 0 saturated carbocycles. The van der Waals surface area contributed by atoms with Crippen molar-refractivity contribution in [1.82, 2.24) is 0 Å². The summed E-state index contributed by atoms with van der Waals surface area (Å²) < 4.78 is 5.28. The van der Waals surface area contributed by atoms with Gasteiger partial charge in [0.1, 0.15) is 0 Å². The fourth-order valence-corrected chi connectivity index (χ4v) is 0.701. The molecule has 0 amide bonds. The lowest BCUT2D eigenvalue weighted by Gasteiger charge is -1.99. The third-order valence-corrected chi connectivity index (χ3v) is 1.24. The Morgan fingerprint density at radius 2 is 0.952 bits per heavy atom. The van der Waals surface area contributed by atoms with Gasteiger partial charge >= 0.3 is 0 Å². The molecule has 0 N–H and O–H groups in total. The molecular formula is C20H42O. The van der Waals surface area contributed by atoms with Crippen LogP contribution < -0.4 is 0 Å². The molecule has 0 spiro atoms. The van der Waals surface area contributed by atoms with E-state index >= 15 is 0 Å². The highest BCUT2D eigenvalue weighted by Crippen LogP contribution is 1.93. The smallest absolute Gasteiger partial charge is 0.0466 e. The molecule has 128 valence electrons. The third-order valence-electron chi connectivity index (χ3n) is 1.24. The van der Waals surface area contributed by atoms with E-state index in [2.05, 4.69) is 40.2 Å². The van der Waals surface area contributed by atoms with Crippen LogP contribution in [0.5, 0.6) is 0 Å². The number of allylic oxidation sites excluding steroid dienone is 4. The largest absolute Gasteiger partial charge is 0.381 e. The number of unbranched alkanes of at least 4 members (excludes halogenated alkanes) is 2. The van der Waals surface area contributed by atoms with Crippen molar-refractivity contribution in [3.63, 3.8) is 0 Å². The fraction of sp³-hybridized carbons (Fsp3) is 0.600. The van der Waals surface area contributed by atoms with Gasteiger partial charge in [0.2, 0.25) is 0 Å². The van der Waals surface area contributed by atoms with Crippen LogP contribution in [-0.4, -0.2) is 13.2 Å². The molecule has 0 unspecified atom stereocenters. The van der Waals surface area contributed by atoms with Crippen molar-refractivity contribution in [2.24, 2.45) is 0 Å². The van der Waals surface area contributed by atoms with Gasteiger partial charge in [0.25, 0.3) is 0 Å². The topological polar surface area (TPSA) is 9.23 Å². The zero-order valence-corrected chi connectivity index (χ0v) is 15.8. The molecule has 0 aliphatic heterocycles. The molecule has 0 fully saturated rings. The Morgan fingerprint density at radius 1 is 0.619 bits per heavy atom. The highest BCUT2D eigenvalue weighted by Gasteiger charge is 1.84. The number of hydrogen-bond donors (Lipinski definition) is 0. The Morgan fingerprint density at radius 3 is 1.19 bits per heavy atom. The van der Waals surface area contributed by atoms with Crippen molar-refractivity contribution in [1.29, 1.82) is 0 Å². The predicted molar refractivity (Wildman–Crippen MR) is 104 cm³/mol. The average molecular weight is 299 g/mol. The van der Waals surface area contributed by atoms with E-state index in [-0.39, 0.29) is 0 Å². The maximum absolute atomic E-state index is 5.28. The quantitative estimate of drug-likeness (QED) is 0.367. The number of rotatable bonds is 6. The summed E-state index contributed by atoms with van der Waals surface area (Å²) in [4.78, 5) is 0. The van der Waals surface area contributed by atoms with Gasteiger partial charge in [-0.05, 0) is 40.5 Å². The highest BCUT2D eigenvalue weighted by atomic mass is 16.5. The summed E-state index contributed by atoms with van der Waals surface area (Å²) in [6.07, 6.45) is 12.0. The van der Waals surface area contributed by atoms with Gasteiger partial charge in [-0.25, -0.2) is 0 Å². The second kappa shape index (κ2) is 61.7. The van der Waals surface area contributed by atoms with E-state index < -0.39 is 0 Å². The van der Waals surface area contributed by atoms with Crippen molar-refractivity contribution < 1.29 is 4.74 Å². The van der Waals surface area contributed by atoms with Gasteiger partial charge in [-0.1, -0.05) is 51.0 Å². The molecule has 0 aromatic rings. The summed E-state index contributed by atoms with van der Waals surface area (Å²) in [5, 5.41) is 0. The summed E-state index contributed by atoms with van der Waals surface area (Å²) >= 11 is 0. The van der Waals surface area contributed by atoms with E-state index in [4.69, 9.17) is 4.74 Å². The van der Waals surface area contributed by atoms with E-state index in [0.717, 1.165) is 19.6 Å². The molecule has 1 nitrogen and oxygen atoms in total. The molecule has 0 radical (unpaired) electrons. The summed E-state index contributed by atoms with van der Waals surface area (Å²) in [6.45, 7) is 27.2. The monoisotopic (exact) mass is 298 g/mol. The Hall–Kier alpha value is -1.08. The first-order chi connectivity index (χ1) is 10.1. The van der Waals surface area contributed by atoms with Crippen LogP contribution in [0.25, 0.3) is 0 Å². The minimum absolute atomic E-state index is 0.934. The lowest BCUT2D eigenvalue weighted by molar-refractivity contribution is 0.131. The van der Waals surface area contributed by atoms with Crippen LogP contribution in [0, 0.1) is 0 Å². The third kappa shape index (κ3) is 224. The summed E-state index contributed by atoms with van der Waals surface area (Å²) in [5.74, 6) is 0. The van der Waals surface area contributed by atoms with Crippen LogP contribution in [0.4, 0.5) is 0 Å². The van der Waals surface area contributed by atoms with Gasteiger partial charge in [0.05, 0.1) is 0 Å². The van der Waals surface area contributed by atoms with Gasteiger partial charge in [-0.15, -0.1) is 26.3 Å². The van der Waals surface area contributed by atoms with Gasteiger partial charge in [0.15, 0.2) is 0 Å². The van der Waals surface area contributed by atoms with E-state index in [1.807, 2.05) is 27.7 Å². The van der Waals surface area contributed by atoms with Crippen LogP contribution >= 0.6 is 0 Å². The van der Waals surface area contributed by atoms with E-state index in [9.17, 15) is 0 Å². The first-order valence-corrected chi connectivity index (χ1v) is 7.93. The van der Waals surface area contributed by atoms with E-state index in [0.29, 0.717) is 0 Å². The Kier molecular flexibility index (Phi) is 94.2.